The summed E-state index contributed by atoms with van der Waals surface area (Å²) in [6.45, 7) is 2.45. The summed E-state index contributed by atoms with van der Waals surface area (Å²) in [5.74, 6) is -0.224. The van der Waals surface area contributed by atoms with Crippen molar-refractivity contribution in [2.24, 2.45) is 0 Å². The standard InChI is InChI=1S/C19H19N3O2/c1-13-6-4-9-15-16(12-17(23)22-18(13)15)19(24)21-11-5-8-14-7-2-3-10-20-14/h2-4,6-7,9-10,12H,5,8,11H2,1H3,(H,21,24)(H,22,23). The predicted octanol–water partition coefficient (Wildman–Crippen LogP) is 2.59. The van der Waals surface area contributed by atoms with Gasteiger partial charge in [0.2, 0.25) is 5.56 Å². The summed E-state index contributed by atoms with van der Waals surface area (Å²) in [5.41, 5.74) is 2.80. The van der Waals surface area contributed by atoms with Crippen molar-refractivity contribution >= 4 is 16.8 Å². The number of benzene rings is 1. The monoisotopic (exact) mass is 321 g/mol. The lowest BCUT2D eigenvalue weighted by Crippen LogP contribution is -2.26. The highest BCUT2D eigenvalue weighted by atomic mass is 16.2. The fourth-order valence-electron chi connectivity index (χ4n) is 2.73. The molecule has 0 fully saturated rings. The summed E-state index contributed by atoms with van der Waals surface area (Å²) in [7, 11) is 0. The lowest BCUT2D eigenvalue weighted by atomic mass is 10.1. The normalized spacial score (nSPS) is 10.7. The van der Waals surface area contributed by atoms with Crippen LogP contribution in [0.15, 0.2) is 53.5 Å². The van der Waals surface area contributed by atoms with Gasteiger partial charge in [0.1, 0.15) is 0 Å². The van der Waals surface area contributed by atoms with Crippen LogP contribution in [0.25, 0.3) is 10.9 Å². The summed E-state index contributed by atoms with van der Waals surface area (Å²) < 4.78 is 0. The Balaban J connectivity index is 1.70. The van der Waals surface area contributed by atoms with Gasteiger partial charge in [-0.25, -0.2) is 0 Å². The number of carbonyl (C=O) groups is 1. The molecule has 1 aromatic carbocycles. The second kappa shape index (κ2) is 7.08. The van der Waals surface area contributed by atoms with Crippen molar-refractivity contribution in [3.63, 3.8) is 0 Å². The Kier molecular flexibility index (Phi) is 4.70. The summed E-state index contributed by atoms with van der Waals surface area (Å²) in [6.07, 6.45) is 3.36. The molecule has 3 rings (SSSR count). The van der Waals surface area contributed by atoms with Crippen molar-refractivity contribution in [3.05, 3.63) is 75.8 Å². The number of rotatable bonds is 5. The zero-order chi connectivity index (χ0) is 16.9. The van der Waals surface area contributed by atoms with Crippen molar-refractivity contribution in [2.75, 3.05) is 6.54 Å². The molecule has 3 aromatic rings. The molecule has 5 heteroatoms. The van der Waals surface area contributed by atoms with Gasteiger partial charge >= 0.3 is 0 Å². The van der Waals surface area contributed by atoms with Crippen LogP contribution >= 0.6 is 0 Å². The third-order valence-corrected chi connectivity index (χ3v) is 3.95. The highest BCUT2D eigenvalue weighted by Crippen LogP contribution is 2.18. The molecule has 122 valence electrons. The number of nitrogens with one attached hydrogen (secondary N) is 2. The maximum absolute atomic E-state index is 12.5. The van der Waals surface area contributed by atoms with Gasteiger partial charge < -0.3 is 10.3 Å². The highest BCUT2D eigenvalue weighted by molar-refractivity contribution is 6.06. The minimum absolute atomic E-state index is 0.224. The van der Waals surface area contributed by atoms with Crippen LogP contribution in [0.1, 0.15) is 28.0 Å². The molecule has 2 aromatic heterocycles. The lowest BCUT2D eigenvalue weighted by molar-refractivity contribution is 0.0954. The summed E-state index contributed by atoms with van der Waals surface area (Å²) in [5, 5.41) is 3.65. The molecule has 0 spiro atoms. The van der Waals surface area contributed by atoms with E-state index in [9.17, 15) is 9.59 Å². The van der Waals surface area contributed by atoms with Crippen LogP contribution in [0.4, 0.5) is 0 Å². The first-order chi connectivity index (χ1) is 11.6. The van der Waals surface area contributed by atoms with E-state index in [0.717, 1.165) is 29.5 Å². The molecule has 0 aliphatic carbocycles. The minimum atomic E-state index is -0.268. The number of aromatic amines is 1. The first-order valence-corrected chi connectivity index (χ1v) is 7.96. The fourth-order valence-corrected chi connectivity index (χ4v) is 2.73. The lowest BCUT2D eigenvalue weighted by Gasteiger charge is -2.09. The zero-order valence-electron chi connectivity index (χ0n) is 13.5. The molecule has 0 aliphatic heterocycles. The molecule has 0 radical (unpaired) electrons. The third-order valence-electron chi connectivity index (χ3n) is 3.95. The average molecular weight is 321 g/mol. The number of fused-ring (bicyclic) bond motifs is 1. The van der Waals surface area contributed by atoms with Crippen LogP contribution in [0.3, 0.4) is 0 Å². The smallest absolute Gasteiger partial charge is 0.252 e. The maximum Gasteiger partial charge on any atom is 0.252 e. The van der Waals surface area contributed by atoms with Gasteiger partial charge in [0.15, 0.2) is 0 Å². The highest BCUT2D eigenvalue weighted by Gasteiger charge is 2.12. The Hall–Kier alpha value is -2.95. The van der Waals surface area contributed by atoms with Gasteiger partial charge in [-0.3, -0.25) is 14.6 Å². The second-order valence-corrected chi connectivity index (χ2v) is 5.73. The van der Waals surface area contributed by atoms with E-state index in [0.29, 0.717) is 17.6 Å². The summed E-state index contributed by atoms with van der Waals surface area (Å²) in [4.78, 5) is 31.3. The largest absolute Gasteiger partial charge is 0.352 e. The van der Waals surface area contributed by atoms with Crippen molar-refractivity contribution in [3.8, 4) is 0 Å². The van der Waals surface area contributed by atoms with Gasteiger partial charge in [0.25, 0.3) is 5.91 Å². The summed E-state index contributed by atoms with van der Waals surface area (Å²) in [6, 6.07) is 12.8. The molecule has 2 N–H and O–H groups in total. The Morgan fingerprint density at radius 1 is 1.21 bits per heavy atom. The molecule has 0 bridgehead atoms. The van der Waals surface area contributed by atoms with E-state index in [1.165, 1.54) is 6.07 Å². The van der Waals surface area contributed by atoms with Crippen LogP contribution in [0, 0.1) is 6.92 Å². The number of nitrogens with zero attached hydrogens (tertiary/aromatic N) is 1. The van der Waals surface area contributed by atoms with E-state index >= 15 is 0 Å². The van der Waals surface area contributed by atoms with E-state index in [2.05, 4.69) is 15.3 Å². The summed E-state index contributed by atoms with van der Waals surface area (Å²) >= 11 is 0. The van der Waals surface area contributed by atoms with Crippen molar-refractivity contribution in [1.29, 1.82) is 0 Å². The topological polar surface area (TPSA) is 74.8 Å². The molecule has 0 atom stereocenters. The maximum atomic E-state index is 12.5. The van der Waals surface area contributed by atoms with Crippen molar-refractivity contribution in [2.45, 2.75) is 19.8 Å². The molecule has 2 heterocycles. The number of para-hydroxylation sites is 1. The van der Waals surface area contributed by atoms with E-state index in [1.54, 1.807) is 6.20 Å². The van der Waals surface area contributed by atoms with E-state index in [4.69, 9.17) is 0 Å². The number of hydrogen-bond acceptors (Lipinski definition) is 3. The molecule has 24 heavy (non-hydrogen) atoms. The van der Waals surface area contributed by atoms with Gasteiger partial charge in [-0.05, 0) is 37.5 Å². The first kappa shape index (κ1) is 15.9. The van der Waals surface area contributed by atoms with Crippen molar-refractivity contribution in [1.82, 2.24) is 15.3 Å². The van der Waals surface area contributed by atoms with Gasteiger partial charge in [0.05, 0.1) is 11.1 Å². The van der Waals surface area contributed by atoms with E-state index in [-0.39, 0.29) is 11.5 Å². The molecular weight excluding hydrogens is 302 g/mol. The molecular formula is C19H19N3O2. The number of amides is 1. The minimum Gasteiger partial charge on any atom is -0.352 e. The Morgan fingerprint density at radius 3 is 2.88 bits per heavy atom. The van der Waals surface area contributed by atoms with Crippen LogP contribution in [-0.2, 0) is 6.42 Å². The Labute approximate surface area is 139 Å². The zero-order valence-corrected chi connectivity index (χ0v) is 13.5. The van der Waals surface area contributed by atoms with Gasteiger partial charge in [0, 0.05) is 29.9 Å². The number of aryl methyl sites for hydroxylation is 2. The van der Waals surface area contributed by atoms with Crippen LogP contribution < -0.4 is 10.9 Å². The number of carbonyl (C=O) groups excluding carboxylic acids is 1. The van der Waals surface area contributed by atoms with Gasteiger partial charge in [-0.2, -0.15) is 0 Å². The fraction of sp³-hybridized carbons (Fsp3) is 0.211. The molecule has 0 saturated carbocycles. The molecule has 0 aliphatic rings. The molecule has 5 nitrogen and oxygen atoms in total. The number of H-pyrrole nitrogens is 1. The Morgan fingerprint density at radius 2 is 2.08 bits per heavy atom. The third kappa shape index (κ3) is 3.51. The quantitative estimate of drug-likeness (QED) is 0.709. The molecule has 1 amide bonds. The van der Waals surface area contributed by atoms with Gasteiger partial charge in [-0.15, -0.1) is 0 Å². The number of aromatic nitrogens is 2. The number of pyridine rings is 2. The van der Waals surface area contributed by atoms with Crippen molar-refractivity contribution < 1.29 is 4.79 Å². The predicted molar refractivity (Wildman–Crippen MR) is 94.2 cm³/mol. The first-order valence-electron chi connectivity index (χ1n) is 7.96. The van der Waals surface area contributed by atoms with E-state index < -0.39 is 0 Å². The van der Waals surface area contributed by atoms with Crippen LogP contribution in [-0.4, -0.2) is 22.4 Å². The van der Waals surface area contributed by atoms with Crippen LogP contribution in [0.5, 0.6) is 0 Å². The average Bonchev–Trinajstić information content (AvgIpc) is 2.59. The van der Waals surface area contributed by atoms with Crippen LogP contribution in [0.2, 0.25) is 0 Å². The van der Waals surface area contributed by atoms with E-state index in [1.807, 2.05) is 43.3 Å². The number of hydrogen-bond donors (Lipinski definition) is 2. The second-order valence-electron chi connectivity index (χ2n) is 5.73. The molecule has 0 saturated heterocycles. The SMILES string of the molecule is Cc1cccc2c(C(=O)NCCCc3ccccn3)cc(=O)[nH]c12. The molecule has 0 unspecified atom stereocenters. The Bertz CT molecular complexity index is 917. The van der Waals surface area contributed by atoms with Gasteiger partial charge in [-0.1, -0.05) is 24.3 Å².